The third-order valence-electron chi connectivity index (χ3n) is 4.72. The molecule has 0 bridgehead atoms. The maximum atomic E-state index is 13.7. The van der Waals surface area contributed by atoms with Crippen LogP contribution in [0.3, 0.4) is 0 Å². The standard InChI is InChI=1S/C21H16F2/c22-17-12-11-16(13-18(17)23)21-19(14-7-3-1-4-8-14)20(21)15-9-5-2-6-10-15/h1-13,19-21H. The van der Waals surface area contributed by atoms with E-state index in [2.05, 4.69) is 24.3 Å². The van der Waals surface area contributed by atoms with E-state index >= 15 is 0 Å². The normalized spacial score (nSPS) is 22.8. The summed E-state index contributed by atoms with van der Waals surface area (Å²) in [7, 11) is 0. The molecule has 2 atom stereocenters. The van der Waals surface area contributed by atoms with Crippen molar-refractivity contribution in [3.8, 4) is 0 Å². The van der Waals surface area contributed by atoms with Gasteiger partial charge in [-0.05, 0) is 46.6 Å². The van der Waals surface area contributed by atoms with Gasteiger partial charge in [-0.15, -0.1) is 0 Å². The van der Waals surface area contributed by atoms with Crippen LogP contribution in [0.15, 0.2) is 78.9 Å². The van der Waals surface area contributed by atoms with E-state index < -0.39 is 11.6 Å². The van der Waals surface area contributed by atoms with Crippen molar-refractivity contribution in [3.05, 3.63) is 107 Å². The predicted octanol–water partition coefficient (Wildman–Crippen LogP) is 5.63. The molecule has 2 heteroatoms. The third kappa shape index (κ3) is 2.55. The largest absolute Gasteiger partial charge is 0.204 e. The zero-order valence-electron chi connectivity index (χ0n) is 12.5. The molecule has 0 nitrogen and oxygen atoms in total. The molecule has 0 aromatic heterocycles. The number of hydrogen-bond donors (Lipinski definition) is 0. The van der Waals surface area contributed by atoms with Crippen molar-refractivity contribution in [2.24, 2.45) is 0 Å². The van der Waals surface area contributed by atoms with Gasteiger partial charge >= 0.3 is 0 Å². The summed E-state index contributed by atoms with van der Waals surface area (Å²) in [6, 6.07) is 24.8. The van der Waals surface area contributed by atoms with Gasteiger partial charge in [0.25, 0.3) is 0 Å². The third-order valence-corrected chi connectivity index (χ3v) is 4.72. The van der Waals surface area contributed by atoms with Gasteiger partial charge in [-0.2, -0.15) is 0 Å². The van der Waals surface area contributed by atoms with Crippen LogP contribution in [0.25, 0.3) is 0 Å². The average Bonchev–Trinajstić information content (AvgIpc) is 3.34. The minimum atomic E-state index is -0.790. The summed E-state index contributed by atoms with van der Waals surface area (Å²) in [6.45, 7) is 0. The first-order valence-corrected chi connectivity index (χ1v) is 7.80. The molecular formula is C21H16F2. The topological polar surface area (TPSA) is 0 Å². The molecule has 3 aromatic rings. The molecular weight excluding hydrogens is 290 g/mol. The number of benzene rings is 3. The Morgan fingerprint density at radius 2 is 0.957 bits per heavy atom. The van der Waals surface area contributed by atoms with Gasteiger partial charge in [0.05, 0.1) is 0 Å². The van der Waals surface area contributed by atoms with Crippen LogP contribution in [0.2, 0.25) is 0 Å². The second-order valence-electron chi connectivity index (χ2n) is 6.07. The molecule has 1 fully saturated rings. The number of rotatable bonds is 3. The minimum absolute atomic E-state index is 0.190. The van der Waals surface area contributed by atoms with E-state index in [0.717, 1.165) is 5.56 Å². The number of halogens is 2. The second-order valence-corrected chi connectivity index (χ2v) is 6.07. The van der Waals surface area contributed by atoms with Gasteiger partial charge in [0.15, 0.2) is 11.6 Å². The molecule has 0 amide bonds. The fourth-order valence-electron chi connectivity index (χ4n) is 3.63. The molecule has 23 heavy (non-hydrogen) atoms. The Balaban J connectivity index is 1.75. The molecule has 2 unspecified atom stereocenters. The second kappa shape index (κ2) is 5.62. The lowest BCUT2D eigenvalue weighted by molar-refractivity contribution is 0.507. The van der Waals surface area contributed by atoms with E-state index in [1.807, 2.05) is 36.4 Å². The predicted molar refractivity (Wildman–Crippen MR) is 87.5 cm³/mol. The van der Waals surface area contributed by atoms with Crippen molar-refractivity contribution in [3.63, 3.8) is 0 Å². The van der Waals surface area contributed by atoms with E-state index in [1.54, 1.807) is 6.07 Å². The first kappa shape index (κ1) is 14.1. The van der Waals surface area contributed by atoms with E-state index in [1.165, 1.54) is 23.3 Å². The van der Waals surface area contributed by atoms with E-state index in [4.69, 9.17) is 0 Å². The highest BCUT2D eigenvalue weighted by Gasteiger charge is 2.52. The van der Waals surface area contributed by atoms with Gasteiger partial charge in [0, 0.05) is 0 Å². The molecule has 0 radical (unpaired) electrons. The van der Waals surface area contributed by atoms with Crippen LogP contribution in [-0.2, 0) is 0 Å². The summed E-state index contributed by atoms with van der Waals surface area (Å²) in [6.07, 6.45) is 0. The molecule has 114 valence electrons. The molecule has 0 spiro atoms. The van der Waals surface area contributed by atoms with Crippen molar-refractivity contribution in [2.45, 2.75) is 17.8 Å². The Bertz CT molecular complexity index is 766. The van der Waals surface area contributed by atoms with Gasteiger partial charge < -0.3 is 0 Å². The number of hydrogen-bond acceptors (Lipinski definition) is 0. The van der Waals surface area contributed by atoms with Crippen molar-refractivity contribution in [2.75, 3.05) is 0 Å². The molecule has 4 rings (SSSR count). The summed E-state index contributed by atoms with van der Waals surface area (Å²) in [5, 5.41) is 0. The van der Waals surface area contributed by atoms with Gasteiger partial charge in [-0.3, -0.25) is 0 Å². The summed E-state index contributed by atoms with van der Waals surface area (Å²) >= 11 is 0. The van der Waals surface area contributed by atoms with Crippen molar-refractivity contribution >= 4 is 0 Å². The average molecular weight is 306 g/mol. The van der Waals surface area contributed by atoms with E-state index in [9.17, 15) is 8.78 Å². The molecule has 3 aromatic carbocycles. The molecule has 1 aliphatic carbocycles. The van der Waals surface area contributed by atoms with Crippen LogP contribution in [0.1, 0.15) is 34.4 Å². The smallest absolute Gasteiger partial charge is 0.159 e. The van der Waals surface area contributed by atoms with Gasteiger partial charge in [-0.1, -0.05) is 66.7 Å². The fourth-order valence-corrected chi connectivity index (χ4v) is 3.63. The first-order chi connectivity index (χ1) is 11.3. The quantitative estimate of drug-likeness (QED) is 0.588. The monoisotopic (exact) mass is 306 g/mol. The zero-order chi connectivity index (χ0) is 15.8. The Morgan fingerprint density at radius 3 is 1.43 bits per heavy atom. The molecule has 1 saturated carbocycles. The molecule has 1 aliphatic rings. The van der Waals surface area contributed by atoms with E-state index in [-0.39, 0.29) is 5.92 Å². The SMILES string of the molecule is Fc1ccc(C2C(c3ccccc3)C2c2ccccc2)cc1F. The van der Waals surface area contributed by atoms with Crippen LogP contribution >= 0.6 is 0 Å². The summed E-state index contributed by atoms with van der Waals surface area (Å²) in [5.41, 5.74) is 3.36. The molecule has 0 heterocycles. The summed E-state index contributed by atoms with van der Waals surface area (Å²) in [4.78, 5) is 0. The highest BCUT2D eigenvalue weighted by atomic mass is 19.2. The van der Waals surface area contributed by atoms with Crippen molar-refractivity contribution in [1.82, 2.24) is 0 Å². The lowest BCUT2D eigenvalue weighted by atomic mass is 10.0. The fraction of sp³-hybridized carbons (Fsp3) is 0.143. The van der Waals surface area contributed by atoms with Gasteiger partial charge in [-0.25, -0.2) is 8.78 Å². The van der Waals surface area contributed by atoms with Gasteiger partial charge in [0.1, 0.15) is 0 Å². The molecule has 0 aliphatic heterocycles. The Kier molecular flexibility index (Phi) is 3.45. The van der Waals surface area contributed by atoms with Gasteiger partial charge in [0.2, 0.25) is 0 Å². The summed E-state index contributed by atoms with van der Waals surface area (Å²) < 4.78 is 26.9. The summed E-state index contributed by atoms with van der Waals surface area (Å²) in [5.74, 6) is -0.753. The van der Waals surface area contributed by atoms with Crippen LogP contribution < -0.4 is 0 Å². The molecule has 0 N–H and O–H groups in total. The maximum absolute atomic E-state index is 13.7. The zero-order valence-corrected chi connectivity index (χ0v) is 12.5. The Morgan fingerprint density at radius 1 is 0.478 bits per heavy atom. The Labute approximate surface area is 134 Å². The molecule has 0 saturated heterocycles. The van der Waals surface area contributed by atoms with Crippen LogP contribution in [0, 0.1) is 11.6 Å². The maximum Gasteiger partial charge on any atom is 0.159 e. The minimum Gasteiger partial charge on any atom is -0.204 e. The van der Waals surface area contributed by atoms with Crippen LogP contribution in [0.5, 0.6) is 0 Å². The van der Waals surface area contributed by atoms with Crippen LogP contribution in [0.4, 0.5) is 8.78 Å². The highest BCUT2D eigenvalue weighted by Crippen LogP contribution is 2.66. The lowest BCUT2D eigenvalue weighted by Crippen LogP contribution is -1.89. The van der Waals surface area contributed by atoms with Crippen molar-refractivity contribution in [1.29, 1.82) is 0 Å². The first-order valence-electron chi connectivity index (χ1n) is 7.80. The highest BCUT2D eigenvalue weighted by molar-refractivity contribution is 5.47. The van der Waals surface area contributed by atoms with Crippen LogP contribution in [-0.4, -0.2) is 0 Å². The van der Waals surface area contributed by atoms with E-state index in [0.29, 0.717) is 11.8 Å². The Hall–Kier alpha value is -2.48. The lowest BCUT2D eigenvalue weighted by Gasteiger charge is -2.02. The van der Waals surface area contributed by atoms with Crippen molar-refractivity contribution < 1.29 is 8.78 Å².